The summed E-state index contributed by atoms with van der Waals surface area (Å²) in [5.41, 5.74) is 2.31. The van der Waals surface area contributed by atoms with Crippen molar-refractivity contribution in [1.82, 2.24) is 5.32 Å². The second-order valence-electron chi connectivity index (χ2n) is 6.68. The van der Waals surface area contributed by atoms with Crippen LogP contribution in [0.3, 0.4) is 0 Å². The first-order valence-corrected chi connectivity index (χ1v) is 7.98. The lowest BCUT2D eigenvalue weighted by atomic mass is 10.0. The van der Waals surface area contributed by atoms with E-state index in [4.69, 9.17) is 4.42 Å². The van der Waals surface area contributed by atoms with E-state index in [2.05, 4.69) is 37.4 Å². The molecule has 1 unspecified atom stereocenters. The molecule has 20 heavy (non-hydrogen) atoms. The van der Waals surface area contributed by atoms with E-state index in [9.17, 15) is 0 Å². The molecule has 1 N–H and O–H groups in total. The molecule has 0 saturated heterocycles. The maximum Gasteiger partial charge on any atom is 0.134 e. The summed E-state index contributed by atoms with van der Waals surface area (Å²) in [6.45, 7) is 4.44. The van der Waals surface area contributed by atoms with Crippen LogP contribution in [0.5, 0.6) is 0 Å². The molecule has 0 amide bonds. The van der Waals surface area contributed by atoms with Crippen molar-refractivity contribution in [2.45, 2.75) is 51.6 Å². The van der Waals surface area contributed by atoms with Crippen molar-refractivity contribution in [3.05, 3.63) is 35.6 Å². The van der Waals surface area contributed by atoms with E-state index in [1.807, 2.05) is 6.07 Å². The standard InChI is InChI=1S/C18H23NO/c1-11-15-5-3-4-6-16(15)20-18(11)12(2)19-17(13-7-8-13)14-9-10-14/h3-6,12-14,17,19H,7-10H2,1-2H3. The monoisotopic (exact) mass is 269 g/mol. The van der Waals surface area contributed by atoms with Crippen molar-refractivity contribution in [2.75, 3.05) is 0 Å². The smallest absolute Gasteiger partial charge is 0.134 e. The predicted octanol–water partition coefficient (Wildman–Crippen LogP) is 4.58. The van der Waals surface area contributed by atoms with E-state index in [1.165, 1.54) is 36.6 Å². The SMILES string of the molecule is Cc1c(C(C)NC(C2CC2)C2CC2)oc2ccccc12. The quantitative estimate of drug-likeness (QED) is 0.859. The van der Waals surface area contributed by atoms with Crippen molar-refractivity contribution in [1.29, 1.82) is 0 Å². The molecule has 0 radical (unpaired) electrons. The lowest BCUT2D eigenvalue weighted by molar-refractivity contribution is 0.346. The largest absolute Gasteiger partial charge is 0.459 e. The molecule has 2 saturated carbocycles. The average Bonchev–Trinajstić information content (AvgIpc) is 3.35. The summed E-state index contributed by atoms with van der Waals surface area (Å²) in [4.78, 5) is 0. The summed E-state index contributed by atoms with van der Waals surface area (Å²) in [7, 11) is 0. The molecule has 4 rings (SSSR count). The van der Waals surface area contributed by atoms with Crippen LogP contribution in [0, 0.1) is 18.8 Å². The molecule has 0 aliphatic heterocycles. The van der Waals surface area contributed by atoms with Gasteiger partial charge in [0.1, 0.15) is 11.3 Å². The van der Waals surface area contributed by atoms with Crippen LogP contribution in [0.25, 0.3) is 11.0 Å². The highest BCUT2D eigenvalue weighted by atomic mass is 16.3. The highest BCUT2D eigenvalue weighted by molar-refractivity contribution is 5.82. The average molecular weight is 269 g/mol. The highest BCUT2D eigenvalue weighted by Crippen LogP contribution is 2.45. The summed E-state index contributed by atoms with van der Waals surface area (Å²) in [6.07, 6.45) is 5.67. The van der Waals surface area contributed by atoms with Crippen molar-refractivity contribution in [3.63, 3.8) is 0 Å². The van der Waals surface area contributed by atoms with E-state index in [0.717, 1.165) is 29.2 Å². The van der Waals surface area contributed by atoms with Crippen LogP contribution in [-0.4, -0.2) is 6.04 Å². The van der Waals surface area contributed by atoms with Crippen LogP contribution >= 0.6 is 0 Å². The van der Waals surface area contributed by atoms with Gasteiger partial charge < -0.3 is 9.73 Å². The van der Waals surface area contributed by atoms with Gasteiger partial charge in [0.15, 0.2) is 0 Å². The van der Waals surface area contributed by atoms with E-state index in [1.54, 1.807) is 0 Å². The Labute approximate surface area is 120 Å². The van der Waals surface area contributed by atoms with E-state index in [0.29, 0.717) is 6.04 Å². The third-order valence-electron chi connectivity index (χ3n) is 4.98. The molecule has 2 heteroatoms. The number of para-hydroxylation sites is 1. The summed E-state index contributed by atoms with van der Waals surface area (Å²) < 4.78 is 6.10. The zero-order valence-corrected chi connectivity index (χ0v) is 12.4. The first-order chi connectivity index (χ1) is 9.74. The Morgan fingerprint density at radius 3 is 2.35 bits per heavy atom. The fourth-order valence-electron chi connectivity index (χ4n) is 3.54. The van der Waals surface area contributed by atoms with Crippen LogP contribution in [0.2, 0.25) is 0 Å². The third kappa shape index (κ3) is 2.16. The van der Waals surface area contributed by atoms with Gasteiger partial charge in [-0.1, -0.05) is 18.2 Å². The van der Waals surface area contributed by atoms with Crippen LogP contribution < -0.4 is 5.32 Å². The van der Waals surface area contributed by atoms with Crippen LogP contribution in [-0.2, 0) is 0 Å². The maximum atomic E-state index is 6.10. The second kappa shape index (κ2) is 4.63. The van der Waals surface area contributed by atoms with Gasteiger partial charge in [-0.15, -0.1) is 0 Å². The number of aryl methyl sites for hydroxylation is 1. The van der Waals surface area contributed by atoms with Crippen LogP contribution in [0.15, 0.2) is 28.7 Å². The van der Waals surface area contributed by atoms with Gasteiger partial charge in [-0.3, -0.25) is 0 Å². The Hall–Kier alpha value is -1.28. The minimum absolute atomic E-state index is 0.314. The zero-order valence-electron chi connectivity index (χ0n) is 12.4. The second-order valence-corrected chi connectivity index (χ2v) is 6.68. The van der Waals surface area contributed by atoms with Crippen molar-refractivity contribution >= 4 is 11.0 Å². The van der Waals surface area contributed by atoms with Gasteiger partial charge in [-0.2, -0.15) is 0 Å². The maximum absolute atomic E-state index is 6.10. The molecule has 1 atom stereocenters. The fourth-order valence-corrected chi connectivity index (χ4v) is 3.54. The Balaban J connectivity index is 1.59. The Bertz CT molecular complexity index is 609. The van der Waals surface area contributed by atoms with E-state index >= 15 is 0 Å². The first kappa shape index (κ1) is 12.5. The zero-order chi connectivity index (χ0) is 13.7. The number of rotatable bonds is 5. The first-order valence-electron chi connectivity index (χ1n) is 7.98. The highest BCUT2D eigenvalue weighted by Gasteiger charge is 2.42. The number of furan rings is 1. The van der Waals surface area contributed by atoms with Crippen LogP contribution in [0.4, 0.5) is 0 Å². The minimum Gasteiger partial charge on any atom is -0.459 e. The summed E-state index contributed by atoms with van der Waals surface area (Å²) in [6, 6.07) is 9.39. The molecular weight excluding hydrogens is 246 g/mol. The Kier molecular flexibility index (Phi) is 2.88. The number of nitrogens with one attached hydrogen (secondary N) is 1. The molecule has 2 aliphatic carbocycles. The van der Waals surface area contributed by atoms with Gasteiger partial charge >= 0.3 is 0 Å². The van der Waals surface area contributed by atoms with E-state index in [-0.39, 0.29) is 0 Å². The lowest BCUT2D eigenvalue weighted by Gasteiger charge is -2.22. The summed E-state index contributed by atoms with van der Waals surface area (Å²) >= 11 is 0. The van der Waals surface area contributed by atoms with Gasteiger partial charge in [-0.05, 0) is 63.0 Å². The normalized spacial score (nSPS) is 20.8. The molecule has 0 spiro atoms. The number of fused-ring (bicyclic) bond motifs is 1. The van der Waals surface area contributed by atoms with Gasteiger partial charge in [0.25, 0.3) is 0 Å². The molecule has 106 valence electrons. The van der Waals surface area contributed by atoms with Crippen molar-refractivity contribution in [3.8, 4) is 0 Å². The number of benzene rings is 1. The van der Waals surface area contributed by atoms with E-state index < -0.39 is 0 Å². The molecular formula is C18H23NO. The Morgan fingerprint density at radius 1 is 1.10 bits per heavy atom. The Morgan fingerprint density at radius 2 is 1.75 bits per heavy atom. The number of hydrogen-bond donors (Lipinski definition) is 1. The molecule has 2 aliphatic rings. The molecule has 2 nitrogen and oxygen atoms in total. The molecule has 1 aromatic carbocycles. The van der Waals surface area contributed by atoms with Crippen molar-refractivity contribution in [2.24, 2.45) is 11.8 Å². The summed E-state index contributed by atoms with van der Waals surface area (Å²) in [5.74, 6) is 2.97. The number of hydrogen-bond acceptors (Lipinski definition) is 2. The van der Waals surface area contributed by atoms with Gasteiger partial charge in [0, 0.05) is 11.4 Å². The predicted molar refractivity (Wildman–Crippen MR) is 81.7 cm³/mol. The van der Waals surface area contributed by atoms with Crippen molar-refractivity contribution < 1.29 is 4.42 Å². The molecule has 0 bridgehead atoms. The van der Waals surface area contributed by atoms with Gasteiger partial charge in [-0.25, -0.2) is 0 Å². The summed E-state index contributed by atoms with van der Waals surface area (Å²) in [5, 5.41) is 5.12. The molecule has 1 heterocycles. The minimum atomic E-state index is 0.314. The van der Waals surface area contributed by atoms with Crippen LogP contribution in [0.1, 0.15) is 50.0 Å². The van der Waals surface area contributed by atoms with Gasteiger partial charge in [0.05, 0.1) is 6.04 Å². The third-order valence-corrected chi connectivity index (χ3v) is 4.98. The topological polar surface area (TPSA) is 25.2 Å². The molecule has 2 aromatic rings. The lowest BCUT2D eigenvalue weighted by Crippen LogP contribution is -2.35. The van der Waals surface area contributed by atoms with Gasteiger partial charge in [0.2, 0.25) is 0 Å². The molecule has 1 aromatic heterocycles. The fraction of sp³-hybridized carbons (Fsp3) is 0.556. The molecule has 2 fully saturated rings.